The first-order chi connectivity index (χ1) is 9.22. The summed E-state index contributed by atoms with van der Waals surface area (Å²) in [5.41, 5.74) is 2.06. The van der Waals surface area contributed by atoms with E-state index < -0.39 is 0 Å². The van der Waals surface area contributed by atoms with E-state index in [1.807, 2.05) is 19.1 Å². The van der Waals surface area contributed by atoms with Crippen LogP contribution < -0.4 is 15.4 Å². The Morgan fingerprint density at radius 3 is 3.11 bits per heavy atom. The van der Waals surface area contributed by atoms with E-state index in [9.17, 15) is 4.79 Å². The van der Waals surface area contributed by atoms with Gasteiger partial charge in [-0.1, -0.05) is 13.0 Å². The average molecular weight is 260 g/mol. The molecule has 102 valence electrons. The minimum absolute atomic E-state index is 0.0369. The average Bonchev–Trinajstić information content (AvgIpc) is 2.85. The van der Waals surface area contributed by atoms with Crippen LogP contribution >= 0.6 is 0 Å². The van der Waals surface area contributed by atoms with Gasteiger partial charge < -0.3 is 15.4 Å². The molecule has 2 aliphatic rings. The standard InChI is InChI=1S/C15H20N2O2/c1-10-9-19-14-5-4-11(7-12-3-2-6-16-12)8-13(14)17-15(10)18/h4-5,8,10,12,16H,2-3,6-7,9H2,1H3,(H,17,18). The smallest absolute Gasteiger partial charge is 0.230 e. The maximum absolute atomic E-state index is 11.8. The Hall–Kier alpha value is -1.55. The summed E-state index contributed by atoms with van der Waals surface area (Å²) in [4.78, 5) is 11.8. The molecule has 0 aromatic heterocycles. The van der Waals surface area contributed by atoms with Crippen LogP contribution in [0.4, 0.5) is 5.69 Å². The third kappa shape index (κ3) is 2.73. The molecule has 4 heteroatoms. The van der Waals surface area contributed by atoms with E-state index in [4.69, 9.17) is 4.74 Å². The Kier molecular flexibility index (Phi) is 3.42. The van der Waals surface area contributed by atoms with E-state index in [0.717, 1.165) is 24.4 Å². The zero-order valence-electron chi connectivity index (χ0n) is 11.2. The SMILES string of the molecule is CC1COc2ccc(CC3CCCN3)cc2NC1=O. The van der Waals surface area contributed by atoms with E-state index in [2.05, 4.69) is 16.7 Å². The molecule has 2 atom stereocenters. The molecule has 1 saturated heterocycles. The Morgan fingerprint density at radius 1 is 1.42 bits per heavy atom. The van der Waals surface area contributed by atoms with Crippen molar-refractivity contribution < 1.29 is 9.53 Å². The summed E-state index contributed by atoms with van der Waals surface area (Å²) in [6, 6.07) is 6.68. The van der Waals surface area contributed by atoms with Gasteiger partial charge >= 0.3 is 0 Å². The monoisotopic (exact) mass is 260 g/mol. The molecule has 2 unspecified atom stereocenters. The van der Waals surface area contributed by atoms with Crippen molar-refractivity contribution in [1.82, 2.24) is 5.32 Å². The lowest BCUT2D eigenvalue weighted by molar-refractivity contribution is -0.119. The van der Waals surface area contributed by atoms with Gasteiger partial charge in [-0.15, -0.1) is 0 Å². The molecule has 0 spiro atoms. The molecule has 2 N–H and O–H groups in total. The number of amides is 1. The van der Waals surface area contributed by atoms with E-state index in [-0.39, 0.29) is 11.8 Å². The lowest BCUT2D eigenvalue weighted by Gasteiger charge is -2.13. The van der Waals surface area contributed by atoms with Crippen LogP contribution in [0.3, 0.4) is 0 Å². The first-order valence-corrected chi connectivity index (χ1v) is 7.02. The van der Waals surface area contributed by atoms with Gasteiger partial charge in [0, 0.05) is 6.04 Å². The summed E-state index contributed by atoms with van der Waals surface area (Å²) in [7, 11) is 0. The molecule has 0 bridgehead atoms. The Balaban J connectivity index is 1.78. The van der Waals surface area contributed by atoms with Crippen LogP contribution in [0.25, 0.3) is 0 Å². The molecular formula is C15H20N2O2. The molecule has 3 rings (SSSR count). The van der Waals surface area contributed by atoms with Gasteiger partial charge in [-0.3, -0.25) is 4.79 Å². The molecule has 19 heavy (non-hydrogen) atoms. The largest absolute Gasteiger partial charge is 0.491 e. The number of hydrogen-bond donors (Lipinski definition) is 2. The Morgan fingerprint density at radius 2 is 2.32 bits per heavy atom. The van der Waals surface area contributed by atoms with Gasteiger partial charge in [-0.2, -0.15) is 0 Å². The van der Waals surface area contributed by atoms with Gasteiger partial charge in [0.25, 0.3) is 0 Å². The predicted molar refractivity (Wildman–Crippen MR) is 74.5 cm³/mol. The third-order valence-electron chi connectivity index (χ3n) is 3.88. The summed E-state index contributed by atoms with van der Waals surface area (Å²) >= 11 is 0. The van der Waals surface area contributed by atoms with Crippen molar-refractivity contribution in [2.24, 2.45) is 5.92 Å². The highest BCUT2D eigenvalue weighted by atomic mass is 16.5. The Labute approximate surface area is 113 Å². The second-order valence-electron chi connectivity index (χ2n) is 5.53. The van der Waals surface area contributed by atoms with Crippen LogP contribution in [0.15, 0.2) is 18.2 Å². The van der Waals surface area contributed by atoms with E-state index in [0.29, 0.717) is 12.6 Å². The zero-order valence-corrected chi connectivity index (χ0v) is 11.2. The Bertz CT molecular complexity index is 481. The highest BCUT2D eigenvalue weighted by molar-refractivity contribution is 5.94. The number of carbonyl (C=O) groups excluding carboxylic acids is 1. The van der Waals surface area contributed by atoms with Crippen molar-refractivity contribution >= 4 is 11.6 Å². The van der Waals surface area contributed by atoms with Gasteiger partial charge in [0.1, 0.15) is 5.75 Å². The third-order valence-corrected chi connectivity index (χ3v) is 3.88. The number of carbonyl (C=O) groups is 1. The number of hydrogen-bond acceptors (Lipinski definition) is 3. The van der Waals surface area contributed by atoms with Gasteiger partial charge in [-0.05, 0) is 43.5 Å². The first kappa shape index (κ1) is 12.5. The summed E-state index contributed by atoms with van der Waals surface area (Å²) in [6.45, 7) is 3.44. The predicted octanol–water partition coefficient (Wildman–Crippen LogP) is 1.95. The minimum Gasteiger partial charge on any atom is -0.491 e. The van der Waals surface area contributed by atoms with Crippen LogP contribution in [-0.2, 0) is 11.2 Å². The van der Waals surface area contributed by atoms with Crippen molar-refractivity contribution in [3.05, 3.63) is 23.8 Å². The summed E-state index contributed by atoms with van der Waals surface area (Å²) in [6.07, 6.45) is 3.50. The van der Waals surface area contributed by atoms with Gasteiger partial charge in [0.15, 0.2) is 0 Å². The lowest BCUT2D eigenvalue weighted by atomic mass is 10.0. The van der Waals surface area contributed by atoms with Gasteiger partial charge in [0.05, 0.1) is 18.2 Å². The highest BCUT2D eigenvalue weighted by Crippen LogP contribution is 2.30. The highest BCUT2D eigenvalue weighted by Gasteiger charge is 2.21. The number of ether oxygens (including phenoxy) is 1. The second kappa shape index (κ2) is 5.21. The van der Waals surface area contributed by atoms with Crippen molar-refractivity contribution in [2.45, 2.75) is 32.2 Å². The minimum atomic E-state index is -0.104. The molecule has 1 fully saturated rings. The number of rotatable bonds is 2. The van der Waals surface area contributed by atoms with Crippen LogP contribution in [0, 0.1) is 5.92 Å². The quantitative estimate of drug-likeness (QED) is 0.854. The summed E-state index contributed by atoms with van der Waals surface area (Å²) < 4.78 is 5.66. The molecule has 2 aliphatic heterocycles. The zero-order chi connectivity index (χ0) is 13.2. The van der Waals surface area contributed by atoms with Crippen LogP contribution in [0.2, 0.25) is 0 Å². The van der Waals surface area contributed by atoms with Crippen LogP contribution in [0.1, 0.15) is 25.3 Å². The first-order valence-electron chi connectivity index (χ1n) is 7.02. The number of nitrogens with one attached hydrogen (secondary N) is 2. The van der Waals surface area contributed by atoms with Gasteiger partial charge in [0.2, 0.25) is 5.91 Å². The second-order valence-corrected chi connectivity index (χ2v) is 5.53. The molecule has 1 aromatic rings. The normalized spacial score (nSPS) is 26.3. The fourth-order valence-corrected chi connectivity index (χ4v) is 2.69. The van der Waals surface area contributed by atoms with Crippen molar-refractivity contribution in [1.29, 1.82) is 0 Å². The van der Waals surface area contributed by atoms with Crippen molar-refractivity contribution in [2.75, 3.05) is 18.5 Å². The summed E-state index contributed by atoms with van der Waals surface area (Å²) in [5, 5.41) is 6.45. The molecule has 2 heterocycles. The number of fused-ring (bicyclic) bond motifs is 1. The lowest BCUT2D eigenvalue weighted by Crippen LogP contribution is -2.23. The molecule has 0 radical (unpaired) electrons. The molecule has 4 nitrogen and oxygen atoms in total. The van der Waals surface area contributed by atoms with Crippen LogP contribution in [0.5, 0.6) is 5.75 Å². The maximum atomic E-state index is 11.8. The number of benzene rings is 1. The molecule has 0 aliphatic carbocycles. The van der Waals surface area contributed by atoms with E-state index >= 15 is 0 Å². The summed E-state index contributed by atoms with van der Waals surface area (Å²) in [5.74, 6) is 0.711. The van der Waals surface area contributed by atoms with Crippen molar-refractivity contribution in [3.8, 4) is 5.75 Å². The number of anilines is 1. The maximum Gasteiger partial charge on any atom is 0.230 e. The topological polar surface area (TPSA) is 50.4 Å². The fraction of sp³-hybridized carbons (Fsp3) is 0.533. The molecular weight excluding hydrogens is 240 g/mol. The fourth-order valence-electron chi connectivity index (χ4n) is 2.69. The van der Waals surface area contributed by atoms with Crippen LogP contribution in [-0.4, -0.2) is 25.1 Å². The molecule has 0 saturated carbocycles. The van der Waals surface area contributed by atoms with Gasteiger partial charge in [-0.25, -0.2) is 0 Å². The van der Waals surface area contributed by atoms with Crippen molar-refractivity contribution in [3.63, 3.8) is 0 Å². The molecule has 1 aromatic carbocycles. The van der Waals surface area contributed by atoms with E-state index in [1.165, 1.54) is 18.4 Å². The molecule has 1 amide bonds. The van der Waals surface area contributed by atoms with E-state index in [1.54, 1.807) is 0 Å².